The molecule has 0 atom stereocenters. The van der Waals surface area contributed by atoms with Crippen LogP contribution < -0.4 is 14.8 Å². The van der Waals surface area contributed by atoms with Crippen LogP contribution in [0.2, 0.25) is 0 Å². The standard InChI is InChI=1S/C19H24N2O4/c1-12-16(24-2)10-9-13(17(12)25-3)11-15-18(22)21(19(23)20-15)14-7-5-4-6-8-14/h9-11,14H,4-8H2,1-3H3,(H,20,23)/b15-11-. The molecule has 1 saturated carbocycles. The SMILES string of the molecule is COc1ccc(/C=C2\NC(=O)N(C3CCCCC3)C2=O)c(OC)c1C. The molecule has 0 bridgehead atoms. The molecule has 1 N–H and O–H groups in total. The van der Waals surface area contributed by atoms with Gasteiger partial charge in [-0.2, -0.15) is 0 Å². The molecule has 1 aliphatic heterocycles. The maximum atomic E-state index is 12.7. The lowest BCUT2D eigenvalue weighted by atomic mass is 9.94. The van der Waals surface area contributed by atoms with Gasteiger partial charge >= 0.3 is 6.03 Å². The van der Waals surface area contributed by atoms with Gasteiger partial charge in [-0.1, -0.05) is 19.3 Å². The summed E-state index contributed by atoms with van der Waals surface area (Å²) in [5.41, 5.74) is 1.87. The predicted molar refractivity (Wildman–Crippen MR) is 94.5 cm³/mol. The molecule has 134 valence electrons. The van der Waals surface area contributed by atoms with E-state index in [0.29, 0.717) is 17.2 Å². The second kappa shape index (κ2) is 7.17. The van der Waals surface area contributed by atoms with Gasteiger partial charge < -0.3 is 14.8 Å². The number of carbonyl (C=O) groups is 2. The van der Waals surface area contributed by atoms with Gasteiger partial charge in [-0.3, -0.25) is 9.69 Å². The van der Waals surface area contributed by atoms with Crippen LogP contribution >= 0.6 is 0 Å². The summed E-state index contributed by atoms with van der Waals surface area (Å²) < 4.78 is 10.8. The number of ether oxygens (including phenoxy) is 2. The van der Waals surface area contributed by atoms with Gasteiger partial charge in [-0.05, 0) is 38.0 Å². The van der Waals surface area contributed by atoms with E-state index in [4.69, 9.17) is 9.47 Å². The summed E-state index contributed by atoms with van der Waals surface area (Å²) in [5.74, 6) is 1.09. The zero-order chi connectivity index (χ0) is 18.0. The van der Waals surface area contributed by atoms with Crippen molar-refractivity contribution in [3.05, 3.63) is 29.0 Å². The molecule has 6 nitrogen and oxygen atoms in total. The molecular formula is C19H24N2O4. The molecule has 0 spiro atoms. The van der Waals surface area contributed by atoms with Gasteiger partial charge in [0.1, 0.15) is 17.2 Å². The highest BCUT2D eigenvalue weighted by Crippen LogP contribution is 2.33. The average Bonchev–Trinajstić information content (AvgIpc) is 2.90. The van der Waals surface area contributed by atoms with Crippen LogP contribution in [-0.4, -0.2) is 37.1 Å². The second-order valence-electron chi connectivity index (χ2n) is 6.47. The number of urea groups is 1. The summed E-state index contributed by atoms with van der Waals surface area (Å²) in [7, 11) is 3.18. The lowest BCUT2D eigenvalue weighted by molar-refractivity contribution is -0.124. The molecule has 6 heteroatoms. The Hall–Kier alpha value is -2.50. The number of hydrogen-bond acceptors (Lipinski definition) is 4. The van der Waals surface area contributed by atoms with Crippen molar-refractivity contribution in [2.24, 2.45) is 0 Å². The van der Waals surface area contributed by atoms with E-state index in [1.54, 1.807) is 20.3 Å². The largest absolute Gasteiger partial charge is 0.496 e. The van der Waals surface area contributed by atoms with E-state index in [2.05, 4.69) is 5.32 Å². The second-order valence-corrected chi connectivity index (χ2v) is 6.47. The number of imide groups is 1. The Morgan fingerprint density at radius 2 is 1.84 bits per heavy atom. The fourth-order valence-corrected chi connectivity index (χ4v) is 3.68. The smallest absolute Gasteiger partial charge is 0.329 e. The molecule has 2 fully saturated rings. The number of rotatable bonds is 4. The first-order valence-corrected chi connectivity index (χ1v) is 8.64. The van der Waals surface area contributed by atoms with Crippen molar-refractivity contribution in [2.75, 3.05) is 14.2 Å². The zero-order valence-corrected chi connectivity index (χ0v) is 14.9. The minimum atomic E-state index is -0.327. The summed E-state index contributed by atoms with van der Waals surface area (Å²) >= 11 is 0. The first kappa shape index (κ1) is 17.3. The summed E-state index contributed by atoms with van der Waals surface area (Å²) in [5, 5.41) is 2.71. The lowest BCUT2D eigenvalue weighted by Crippen LogP contribution is -2.41. The summed E-state index contributed by atoms with van der Waals surface area (Å²) in [6.45, 7) is 1.89. The maximum absolute atomic E-state index is 12.7. The van der Waals surface area contributed by atoms with Crippen molar-refractivity contribution in [1.82, 2.24) is 10.2 Å². The number of hydrogen-bond donors (Lipinski definition) is 1. The van der Waals surface area contributed by atoms with Gasteiger partial charge in [0, 0.05) is 17.2 Å². The molecule has 1 aromatic rings. The van der Waals surface area contributed by atoms with E-state index < -0.39 is 0 Å². The maximum Gasteiger partial charge on any atom is 0.329 e. The van der Waals surface area contributed by atoms with Crippen molar-refractivity contribution >= 4 is 18.0 Å². The van der Waals surface area contributed by atoms with Gasteiger partial charge in [0.25, 0.3) is 5.91 Å². The van der Waals surface area contributed by atoms with Crippen LogP contribution in [-0.2, 0) is 4.79 Å². The van der Waals surface area contributed by atoms with E-state index in [1.165, 1.54) is 11.3 Å². The molecule has 2 aliphatic rings. The van der Waals surface area contributed by atoms with Crippen LogP contribution in [0.3, 0.4) is 0 Å². The molecule has 0 unspecified atom stereocenters. The summed E-state index contributed by atoms with van der Waals surface area (Å²) in [6.07, 6.45) is 6.74. The van der Waals surface area contributed by atoms with Crippen molar-refractivity contribution < 1.29 is 19.1 Å². The molecule has 0 radical (unpaired) electrons. The predicted octanol–water partition coefficient (Wildman–Crippen LogP) is 3.24. The molecule has 1 heterocycles. The number of amides is 3. The Morgan fingerprint density at radius 3 is 2.48 bits per heavy atom. The quantitative estimate of drug-likeness (QED) is 0.672. The first-order valence-electron chi connectivity index (χ1n) is 8.64. The number of nitrogens with one attached hydrogen (secondary N) is 1. The van der Waals surface area contributed by atoms with Gasteiger partial charge in [-0.25, -0.2) is 4.79 Å². The number of methoxy groups -OCH3 is 2. The van der Waals surface area contributed by atoms with Gasteiger partial charge in [0.15, 0.2) is 0 Å². The van der Waals surface area contributed by atoms with E-state index in [0.717, 1.165) is 36.8 Å². The van der Waals surface area contributed by atoms with Crippen molar-refractivity contribution in [2.45, 2.75) is 45.1 Å². The third-order valence-electron chi connectivity index (χ3n) is 4.96. The van der Waals surface area contributed by atoms with Crippen LogP contribution in [0.15, 0.2) is 17.8 Å². The topological polar surface area (TPSA) is 67.9 Å². The van der Waals surface area contributed by atoms with Crippen molar-refractivity contribution in [3.8, 4) is 11.5 Å². The minimum Gasteiger partial charge on any atom is -0.496 e. The monoisotopic (exact) mass is 344 g/mol. The highest BCUT2D eigenvalue weighted by Gasteiger charge is 2.39. The molecule has 1 aliphatic carbocycles. The van der Waals surface area contributed by atoms with Gasteiger partial charge in [0.05, 0.1) is 14.2 Å². The number of benzene rings is 1. The summed E-state index contributed by atoms with van der Waals surface area (Å²) in [4.78, 5) is 26.4. The zero-order valence-electron chi connectivity index (χ0n) is 14.9. The Labute approximate surface area is 147 Å². The van der Waals surface area contributed by atoms with E-state index >= 15 is 0 Å². The summed E-state index contributed by atoms with van der Waals surface area (Å²) in [6, 6.07) is 3.32. The highest BCUT2D eigenvalue weighted by atomic mass is 16.5. The Balaban J connectivity index is 1.91. The molecule has 3 rings (SSSR count). The van der Waals surface area contributed by atoms with Crippen LogP contribution in [0, 0.1) is 6.92 Å². The fraction of sp³-hybridized carbons (Fsp3) is 0.474. The molecule has 1 saturated heterocycles. The Kier molecular flexibility index (Phi) is 4.97. The van der Waals surface area contributed by atoms with Crippen LogP contribution in [0.25, 0.3) is 6.08 Å². The molecule has 25 heavy (non-hydrogen) atoms. The Morgan fingerprint density at radius 1 is 1.12 bits per heavy atom. The van der Waals surface area contributed by atoms with Crippen LogP contribution in [0.4, 0.5) is 4.79 Å². The first-order chi connectivity index (χ1) is 12.1. The van der Waals surface area contributed by atoms with E-state index in [-0.39, 0.29) is 18.0 Å². The molecule has 0 aromatic heterocycles. The Bertz CT molecular complexity index is 720. The average molecular weight is 344 g/mol. The van der Waals surface area contributed by atoms with Crippen molar-refractivity contribution in [1.29, 1.82) is 0 Å². The van der Waals surface area contributed by atoms with Crippen LogP contribution in [0.5, 0.6) is 11.5 Å². The van der Waals surface area contributed by atoms with E-state index in [1.807, 2.05) is 19.1 Å². The van der Waals surface area contributed by atoms with E-state index in [9.17, 15) is 9.59 Å². The molecule has 1 aromatic carbocycles. The normalized spacial score (nSPS) is 20.1. The number of carbonyl (C=O) groups excluding carboxylic acids is 2. The third kappa shape index (κ3) is 3.21. The lowest BCUT2D eigenvalue weighted by Gasteiger charge is -2.28. The molecular weight excluding hydrogens is 320 g/mol. The van der Waals surface area contributed by atoms with Gasteiger partial charge in [-0.15, -0.1) is 0 Å². The third-order valence-corrected chi connectivity index (χ3v) is 4.96. The minimum absolute atomic E-state index is 0.00616. The van der Waals surface area contributed by atoms with Crippen LogP contribution in [0.1, 0.15) is 43.2 Å². The highest BCUT2D eigenvalue weighted by molar-refractivity contribution is 6.14. The van der Waals surface area contributed by atoms with Gasteiger partial charge in [0.2, 0.25) is 0 Å². The number of nitrogens with zero attached hydrogens (tertiary/aromatic N) is 1. The van der Waals surface area contributed by atoms with Crippen molar-refractivity contribution in [3.63, 3.8) is 0 Å². The molecule has 3 amide bonds. The fourth-order valence-electron chi connectivity index (χ4n) is 3.68.